The van der Waals surface area contributed by atoms with Crippen molar-refractivity contribution in [2.24, 2.45) is 5.92 Å². The average molecular weight is 389 g/mol. The smallest absolute Gasteiger partial charge is 0.410 e. The number of hydrogen-bond acceptors (Lipinski definition) is 5. The number of aliphatic hydroxyl groups is 1. The number of likely N-dealkylation sites (tertiary alicyclic amines) is 1. The summed E-state index contributed by atoms with van der Waals surface area (Å²) in [5, 5.41) is 13.9. The van der Waals surface area contributed by atoms with Gasteiger partial charge in [0.25, 0.3) is 0 Å². The lowest BCUT2D eigenvalue weighted by molar-refractivity contribution is -0.0244. The monoisotopic (exact) mass is 388 g/mol. The molecule has 0 aliphatic carbocycles. The molecular formula is C21H28N2O3S. The van der Waals surface area contributed by atoms with Crippen molar-refractivity contribution in [1.82, 2.24) is 9.88 Å². The highest BCUT2D eigenvalue weighted by atomic mass is 32.1. The number of amides is 1. The first-order valence-corrected chi connectivity index (χ1v) is 10.3. The molecule has 0 spiro atoms. The molecule has 2 aromatic rings. The summed E-state index contributed by atoms with van der Waals surface area (Å²) in [5.74, 6) is -0.0107. The van der Waals surface area contributed by atoms with Crippen LogP contribution < -0.4 is 0 Å². The van der Waals surface area contributed by atoms with Gasteiger partial charge in [-0.3, -0.25) is 4.98 Å². The van der Waals surface area contributed by atoms with Crippen LogP contribution in [0.5, 0.6) is 0 Å². The Balaban J connectivity index is 1.82. The van der Waals surface area contributed by atoms with Crippen molar-refractivity contribution >= 4 is 17.4 Å². The first-order chi connectivity index (χ1) is 12.7. The van der Waals surface area contributed by atoms with Crippen LogP contribution in [-0.2, 0) is 10.3 Å². The van der Waals surface area contributed by atoms with Gasteiger partial charge in [0.15, 0.2) is 0 Å². The maximum Gasteiger partial charge on any atom is 0.410 e. The molecule has 0 bridgehead atoms. The number of ether oxygens (including phenoxy) is 1. The van der Waals surface area contributed by atoms with E-state index >= 15 is 0 Å². The lowest BCUT2D eigenvalue weighted by Gasteiger charge is -2.41. The van der Waals surface area contributed by atoms with E-state index in [-0.39, 0.29) is 12.0 Å². The molecule has 146 valence electrons. The van der Waals surface area contributed by atoms with Crippen LogP contribution >= 0.6 is 11.3 Å². The number of thiophene rings is 1. The molecule has 6 heteroatoms. The molecule has 0 saturated carbocycles. The van der Waals surface area contributed by atoms with Crippen molar-refractivity contribution in [1.29, 1.82) is 0 Å². The van der Waals surface area contributed by atoms with Gasteiger partial charge in [0.2, 0.25) is 0 Å². The zero-order valence-corrected chi connectivity index (χ0v) is 17.3. The Morgan fingerprint density at radius 3 is 2.48 bits per heavy atom. The van der Waals surface area contributed by atoms with E-state index in [1.54, 1.807) is 22.4 Å². The zero-order chi connectivity index (χ0) is 19.7. The number of carbonyl (C=O) groups is 1. The van der Waals surface area contributed by atoms with Crippen molar-refractivity contribution in [3.8, 4) is 0 Å². The highest BCUT2D eigenvalue weighted by molar-refractivity contribution is 7.10. The molecule has 3 heterocycles. The van der Waals surface area contributed by atoms with E-state index in [2.05, 4.69) is 4.98 Å². The van der Waals surface area contributed by atoms with E-state index < -0.39 is 11.2 Å². The minimum atomic E-state index is -1.14. The molecule has 3 rings (SSSR count). The predicted molar refractivity (Wildman–Crippen MR) is 107 cm³/mol. The van der Waals surface area contributed by atoms with Gasteiger partial charge in [-0.1, -0.05) is 6.07 Å². The molecular weight excluding hydrogens is 360 g/mol. The summed E-state index contributed by atoms with van der Waals surface area (Å²) in [4.78, 5) is 19.5. The second-order valence-corrected chi connectivity index (χ2v) is 9.07. The topological polar surface area (TPSA) is 62.7 Å². The maximum atomic E-state index is 12.4. The van der Waals surface area contributed by atoms with E-state index in [1.807, 2.05) is 57.3 Å². The fourth-order valence-corrected chi connectivity index (χ4v) is 4.78. The van der Waals surface area contributed by atoms with Crippen LogP contribution in [0.3, 0.4) is 0 Å². The Labute approximate surface area is 165 Å². The van der Waals surface area contributed by atoms with E-state index in [0.29, 0.717) is 31.6 Å². The molecule has 0 radical (unpaired) electrons. The summed E-state index contributed by atoms with van der Waals surface area (Å²) in [6, 6.07) is 7.69. The Morgan fingerprint density at radius 2 is 1.96 bits per heavy atom. The highest BCUT2D eigenvalue weighted by Gasteiger charge is 2.45. The van der Waals surface area contributed by atoms with Crippen molar-refractivity contribution in [2.75, 3.05) is 13.1 Å². The SMILES string of the molecule is Cc1ccsc1C(O)(c1ccccn1)C1CCN(C(=O)OC(C)(C)C)CC1. The van der Waals surface area contributed by atoms with Crippen LogP contribution in [0.1, 0.15) is 49.7 Å². The van der Waals surface area contributed by atoms with Gasteiger partial charge >= 0.3 is 6.09 Å². The first-order valence-electron chi connectivity index (χ1n) is 9.38. The average Bonchev–Trinajstić information content (AvgIpc) is 3.07. The second kappa shape index (κ2) is 7.60. The maximum absolute atomic E-state index is 12.4. The number of aryl methyl sites for hydroxylation is 1. The zero-order valence-electron chi connectivity index (χ0n) is 16.4. The molecule has 1 atom stereocenters. The van der Waals surface area contributed by atoms with Gasteiger partial charge in [-0.15, -0.1) is 11.3 Å². The van der Waals surface area contributed by atoms with Crippen LogP contribution in [-0.4, -0.2) is 39.8 Å². The summed E-state index contributed by atoms with van der Waals surface area (Å²) >= 11 is 1.56. The minimum Gasteiger partial charge on any atom is -0.444 e. The van der Waals surface area contributed by atoms with Gasteiger partial charge in [-0.25, -0.2) is 4.79 Å². The van der Waals surface area contributed by atoms with Gasteiger partial charge in [-0.2, -0.15) is 0 Å². The van der Waals surface area contributed by atoms with Crippen LogP contribution in [0.25, 0.3) is 0 Å². The Hall–Kier alpha value is -1.92. The van der Waals surface area contributed by atoms with Crippen molar-refractivity contribution in [3.05, 3.63) is 52.0 Å². The summed E-state index contributed by atoms with van der Waals surface area (Å²) < 4.78 is 5.49. The molecule has 0 aromatic carbocycles. The Kier molecular flexibility index (Phi) is 5.58. The third-order valence-electron chi connectivity index (χ3n) is 5.00. The van der Waals surface area contributed by atoms with Crippen LogP contribution in [0.2, 0.25) is 0 Å². The quantitative estimate of drug-likeness (QED) is 0.850. The summed E-state index contributed by atoms with van der Waals surface area (Å²) in [5.41, 5.74) is 0.102. The highest BCUT2D eigenvalue weighted by Crippen LogP contribution is 2.44. The van der Waals surface area contributed by atoms with Gasteiger partial charge in [0.05, 0.1) is 5.69 Å². The third-order valence-corrected chi connectivity index (χ3v) is 6.14. The molecule has 1 unspecified atom stereocenters. The van der Waals surface area contributed by atoms with E-state index in [9.17, 15) is 9.90 Å². The molecule has 1 saturated heterocycles. The molecule has 1 N–H and O–H groups in total. The van der Waals surface area contributed by atoms with E-state index in [1.165, 1.54) is 0 Å². The molecule has 1 aliphatic rings. The molecule has 27 heavy (non-hydrogen) atoms. The van der Waals surface area contributed by atoms with Gasteiger partial charge in [-0.05, 0) is 69.7 Å². The lowest BCUT2D eigenvalue weighted by Crippen LogP contribution is -2.47. The molecule has 1 fully saturated rings. The number of nitrogens with zero attached hydrogens (tertiary/aromatic N) is 2. The van der Waals surface area contributed by atoms with Gasteiger partial charge in [0.1, 0.15) is 11.2 Å². The van der Waals surface area contributed by atoms with E-state index in [4.69, 9.17) is 4.74 Å². The van der Waals surface area contributed by atoms with Gasteiger partial charge in [0, 0.05) is 30.1 Å². The number of piperidine rings is 1. The van der Waals surface area contributed by atoms with Crippen molar-refractivity contribution < 1.29 is 14.6 Å². The fraction of sp³-hybridized carbons (Fsp3) is 0.524. The number of pyridine rings is 1. The van der Waals surface area contributed by atoms with Crippen molar-refractivity contribution in [2.45, 2.75) is 51.7 Å². The normalized spacial score (nSPS) is 18.2. The predicted octanol–water partition coefficient (Wildman–Crippen LogP) is 4.33. The number of rotatable bonds is 3. The summed E-state index contributed by atoms with van der Waals surface area (Å²) in [7, 11) is 0. The van der Waals surface area contributed by atoms with Crippen molar-refractivity contribution in [3.63, 3.8) is 0 Å². The van der Waals surface area contributed by atoms with E-state index in [0.717, 1.165) is 10.4 Å². The standard InChI is InChI=1S/C21H28N2O3S/c1-15-10-14-27-18(15)21(25,17-7-5-6-11-22-17)16-8-12-23(13-9-16)19(24)26-20(2,3)4/h5-7,10-11,14,16,25H,8-9,12-13H2,1-4H3. The fourth-order valence-electron chi connectivity index (χ4n) is 3.67. The molecule has 2 aromatic heterocycles. The minimum absolute atomic E-state index is 0.0107. The summed E-state index contributed by atoms with van der Waals surface area (Å²) in [6.07, 6.45) is 2.83. The first kappa shape index (κ1) is 19.8. The number of hydrogen-bond donors (Lipinski definition) is 1. The molecule has 1 aliphatic heterocycles. The van der Waals surface area contributed by atoms with Crippen LogP contribution in [0.4, 0.5) is 4.79 Å². The third kappa shape index (κ3) is 4.17. The Bertz CT molecular complexity index is 776. The number of aromatic nitrogens is 1. The van der Waals surface area contributed by atoms with Crippen LogP contribution in [0, 0.1) is 12.8 Å². The number of carbonyl (C=O) groups excluding carboxylic acids is 1. The largest absolute Gasteiger partial charge is 0.444 e. The second-order valence-electron chi connectivity index (χ2n) is 8.16. The van der Waals surface area contributed by atoms with Crippen LogP contribution in [0.15, 0.2) is 35.8 Å². The Morgan fingerprint density at radius 1 is 1.26 bits per heavy atom. The van der Waals surface area contributed by atoms with Gasteiger partial charge < -0.3 is 14.7 Å². The molecule has 5 nitrogen and oxygen atoms in total. The molecule has 1 amide bonds. The summed E-state index contributed by atoms with van der Waals surface area (Å²) in [6.45, 7) is 8.78. The lowest BCUT2D eigenvalue weighted by atomic mass is 9.76.